The summed E-state index contributed by atoms with van der Waals surface area (Å²) in [6, 6.07) is 17.5. The Labute approximate surface area is 127 Å². The first-order chi connectivity index (χ1) is 10.2. The van der Waals surface area contributed by atoms with Crippen LogP contribution in [0.4, 0.5) is 0 Å². The molecule has 1 saturated carbocycles. The zero-order valence-corrected chi connectivity index (χ0v) is 12.0. The van der Waals surface area contributed by atoms with Crippen molar-refractivity contribution in [2.24, 2.45) is 5.92 Å². The number of halogens is 1. The third-order valence-electron chi connectivity index (χ3n) is 4.09. The minimum Gasteiger partial charge on any atom is -0.451 e. The second kappa shape index (κ2) is 4.74. The number of para-hydroxylation sites is 1. The van der Waals surface area contributed by atoms with Crippen LogP contribution in [0.25, 0.3) is 11.0 Å². The van der Waals surface area contributed by atoms with Gasteiger partial charge in [0.1, 0.15) is 0 Å². The molecule has 1 aliphatic carbocycles. The van der Waals surface area contributed by atoms with Crippen molar-refractivity contribution in [3.05, 3.63) is 70.9 Å². The summed E-state index contributed by atoms with van der Waals surface area (Å²) in [5.74, 6) is 0.853. The number of carbonyl (C=O) groups excluding carboxylic acids is 1. The lowest BCUT2D eigenvalue weighted by Gasteiger charge is -1.98. The van der Waals surface area contributed by atoms with Crippen LogP contribution in [0.5, 0.6) is 0 Å². The highest BCUT2D eigenvalue weighted by Crippen LogP contribution is 2.49. The largest absolute Gasteiger partial charge is 0.451 e. The van der Waals surface area contributed by atoms with E-state index < -0.39 is 0 Å². The van der Waals surface area contributed by atoms with Gasteiger partial charge in [-0.2, -0.15) is 0 Å². The molecule has 0 bridgehead atoms. The van der Waals surface area contributed by atoms with Gasteiger partial charge in [-0.25, -0.2) is 0 Å². The molecule has 0 spiro atoms. The van der Waals surface area contributed by atoms with Crippen molar-refractivity contribution in [2.45, 2.75) is 12.3 Å². The van der Waals surface area contributed by atoms with Crippen molar-refractivity contribution in [2.75, 3.05) is 0 Å². The number of ketones is 1. The minimum absolute atomic E-state index is 0.0340. The van der Waals surface area contributed by atoms with E-state index in [1.54, 1.807) is 12.1 Å². The zero-order valence-electron chi connectivity index (χ0n) is 11.3. The average molecular weight is 297 g/mol. The number of benzene rings is 2. The quantitative estimate of drug-likeness (QED) is 0.631. The van der Waals surface area contributed by atoms with Crippen LogP contribution >= 0.6 is 11.6 Å². The van der Waals surface area contributed by atoms with Crippen molar-refractivity contribution in [1.82, 2.24) is 0 Å². The Kier molecular flexibility index (Phi) is 2.86. The molecule has 4 rings (SSSR count). The Morgan fingerprint density at radius 1 is 1.10 bits per heavy atom. The van der Waals surface area contributed by atoms with Crippen LogP contribution < -0.4 is 0 Å². The number of rotatable bonds is 3. The predicted molar refractivity (Wildman–Crippen MR) is 82.8 cm³/mol. The first-order valence-corrected chi connectivity index (χ1v) is 7.39. The van der Waals surface area contributed by atoms with Crippen molar-refractivity contribution in [3.63, 3.8) is 0 Å². The number of fused-ring (bicyclic) bond motifs is 1. The highest BCUT2D eigenvalue weighted by molar-refractivity contribution is 6.34. The van der Waals surface area contributed by atoms with E-state index >= 15 is 0 Å². The van der Waals surface area contributed by atoms with Gasteiger partial charge in [0.05, 0.1) is 5.02 Å². The molecule has 104 valence electrons. The standard InChI is InChI=1S/C18H13ClO2/c19-15-8-4-7-12-9-16(21-18(12)15)17(20)14-10-13(14)11-5-2-1-3-6-11/h1-9,13-14H,10H2. The summed E-state index contributed by atoms with van der Waals surface area (Å²) < 4.78 is 5.66. The maximum atomic E-state index is 12.5. The Morgan fingerprint density at radius 3 is 2.67 bits per heavy atom. The Balaban J connectivity index is 1.62. The molecule has 1 aromatic heterocycles. The summed E-state index contributed by atoms with van der Waals surface area (Å²) >= 11 is 6.09. The summed E-state index contributed by atoms with van der Waals surface area (Å²) in [4.78, 5) is 12.5. The second-order valence-corrected chi connectivity index (χ2v) is 5.90. The fraction of sp³-hybridized carbons (Fsp3) is 0.167. The number of hydrogen-bond acceptors (Lipinski definition) is 2. The topological polar surface area (TPSA) is 30.2 Å². The molecular weight excluding hydrogens is 284 g/mol. The van der Waals surface area contributed by atoms with Crippen molar-refractivity contribution in [3.8, 4) is 0 Å². The number of hydrogen-bond donors (Lipinski definition) is 0. The first-order valence-electron chi connectivity index (χ1n) is 7.01. The fourth-order valence-electron chi connectivity index (χ4n) is 2.89. The maximum absolute atomic E-state index is 12.5. The predicted octanol–water partition coefficient (Wildman–Crippen LogP) is 5.07. The molecule has 1 heterocycles. The van der Waals surface area contributed by atoms with Crippen LogP contribution in [0, 0.1) is 5.92 Å². The third-order valence-corrected chi connectivity index (χ3v) is 4.39. The average Bonchev–Trinajstić information content (AvgIpc) is 3.19. The van der Waals surface area contributed by atoms with Gasteiger partial charge in [-0.15, -0.1) is 0 Å². The molecule has 21 heavy (non-hydrogen) atoms. The Hall–Kier alpha value is -2.06. The smallest absolute Gasteiger partial charge is 0.201 e. The van der Waals surface area contributed by atoms with Gasteiger partial charge >= 0.3 is 0 Å². The number of furan rings is 1. The molecule has 1 fully saturated rings. The summed E-state index contributed by atoms with van der Waals surface area (Å²) in [5, 5.41) is 1.42. The van der Waals surface area contributed by atoms with Gasteiger partial charge in [0.2, 0.25) is 5.78 Å². The Morgan fingerprint density at radius 2 is 1.90 bits per heavy atom. The van der Waals surface area contributed by atoms with Crippen LogP contribution in [0.2, 0.25) is 5.02 Å². The number of Topliss-reactive ketones (excluding diaryl/α,β-unsaturated/α-hetero) is 1. The molecular formula is C18H13ClO2. The van der Waals surface area contributed by atoms with Gasteiger partial charge in [0.15, 0.2) is 11.3 Å². The van der Waals surface area contributed by atoms with E-state index in [4.69, 9.17) is 16.0 Å². The van der Waals surface area contributed by atoms with Gasteiger partial charge in [0, 0.05) is 11.3 Å². The lowest BCUT2D eigenvalue weighted by Crippen LogP contribution is -2.01. The van der Waals surface area contributed by atoms with Crippen molar-refractivity contribution in [1.29, 1.82) is 0 Å². The van der Waals surface area contributed by atoms with Gasteiger partial charge in [0.25, 0.3) is 0 Å². The van der Waals surface area contributed by atoms with E-state index in [1.807, 2.05) is 30.3 Å². The third kappa shape index (κ3) is 2.16. The minimum atomic E-state index is 0.0340. The van der Waals surface area contributed by atoms with Crippen LogP contribution in [0.1, 0.15) is 28.5 Å². The first kappa shape index (κ1) is 12.7. The van der Waals surface area contributed by atoms with Gasteiger partial charge in [-0.05, 0) is 30.0 Å². The summed E-state index contributed by atoms with van der Waals surface area (Å²) in [5.41, 5.74) is 1.82. The van der Waals surface area contributed by atoms with E-state index in [0.717, 1.165) is 11.8 Å². The molecule has 0 aliphatic heterocycles. The van der Waals surface area contributed by atoms with Crippen LogP contribution in [-0.4, -0.2) is 5.78 Å². The molecule has 2 aromatic carbocycles. The highest BCUT2D eigenvalue weighted by atomic mass is 35.5. The van der Waals surface area contributed by atoms with Gasteiger partial charge in [-0.1, -0.05) is 54.1 Å². The van der Waals surface area contributed by atoms with E-state index in [0.29, 0.717) is 22.3 Å². The molecule has 3 heteroatoms. The van der Waals surface area contributed by atoms with E-state index in [2.05, 4.69) is 12.1 Å². The molecule has 0 saturated heterocycles. The van der Waals surface area contributed by atoms with Crippen LogP contribution in [-0.2, 0) is 0 Å². The molecule has 0 N–H and O–H groups in total. The summed E-state index contributed by atoms with van der Waals surface area (Å²) in [6.45, 7) is 0. The van der Waals surface area contributed by atoms with Gasteiger partial charge < -0.3 is 4.42 Å². The summed E-state index contributed by atoms with van der Waals surface area (Å²) in [7, 11) is 0. The maximum Gasteiger partial charge on any atom is 0.201 e. The lowest BCUT2D eigenvalue weighted by atomic mass is 10.1. The van der Waals surface area contributed by atoms with Crippen LogP contribution in [0.15, 0.2) is 59.0 Å². The lowest BCUT2D eigenvalue weighted by molar-refractivity contribution is 0.0940. The molecule has 1 aliphatic rings. The van der Waals surface area contributed by atoms with Gasteiger partial charge in [-0.3, -0.25) is 4.79 Å². The van der Waals surface area contributed by atoms with Crippen molar-refractivity contribution < 1.29 is 9.21 Å². The molecule has 2 atom stereocenters. The SMILES string of the molecule is O=C(c1cc2cccc(Cl)c2o1)C1CC1c1ccccc1. The molecule has 2 unspecified atom stereocenters. The molecule has 0 amide bonds. The summed E-state index contributed by atoms with van der Waals surface area (Å²) in [6.07, 6.45) is 0.896. The fourth-order valence-corrected chi connectivity index (χ4v) is 3.11. The zero-order chi connectivity index (χ0) is 14.4. The normalized spacial score (nSPS) is 20.6. The molecule has 0 radical (unpaired) electrons. The number of carbonyl (C=O) groups is 1. The van der Waals surface area contributed by atoms with Crippen molar-refractivity contribution >= 4 is 28.4 Å². The van der Waals surface area contributed by atoms with Crippen LogP contribution in [0.3, 0.4) is 0 Å². The van der Waals surface area contributed by atoms with E-state index in [-0.39, 0.29) is 11.7 Å². The molecule has 3 aromatic rings. The second-order valence-electron chi connectivity index (χ2n) is 5.49. The monoisotopic (exact) mass is 296 g/mol. The molecule has 2 nitrogen and oxygen atoms in total. The Bertz CT molecular complexity index is 820. The van der Waals surface area contributed by atoms with E-state index in [1.165, 1.54) is 5.56 Å². The highest BCUT2D eigenvalue weighted by Gasteiger charge is 2.45. The van der Waals surface area contributed by atoms with E-state index in [9.17, 15) is 4.79 Å².